The molecule has 8 nitrogen and oxygen atoms in total. The van der Waals surface area contributed by atoms with Crippen molar-refractivity contribution in [2.24, 2.45) is 11.8 Å². The van der Waals surface area contributed by atoms with Gasteiger partial charge in [-0.25, -0.2) is 0 Å². The number of ether oxygens (including phenoxy) is 2. The van der Waals surface area contributed by atoms with E-state index in [2.05, 4.69) is 0 Å². The van der Waals surface area contributed by atoms with Crippen molar-refractivity contribution in [2.75, 3.05) is 20.3 Å². The van der Waals surface area contributed by atoms with Gasteiger partial charge in [-0.1, -0.05) is 30.3 Å². The van der Waals surface area contributed by atoms with E-state index < -0.39 is 53.7 Å². The highest BCUT2D eigenvalue weighted by Gasteiger charge is 2.66. The molecule has 1 aromatic carbocycles. The molecule has 0 spiro atoms. The summed E-state index contributed by atoms with van der Waals surface area (Å²) in [7, 11) is 1.37. The van der Waals surface area contributed by atoms with Crippen molar-refractivity contribution in [3.8, 4) is 0 Å². The third kappa shape index (κ3) is 3.42. The van der Waals surface area contributed by atoms with Gasteiger partial charge in [-0.15, -0.1) is 0 Å². The smallest absolute Gasteiger partial charge is 0.324 e. The molecule has 29 heavy (non-hydrogen) atoms. The van der Waals surface area contributed by atoms with Crippen LogP contribution in [0.25, 0.3) is 0 Å². The minimum Gasteiger partial charge on any atom is -0.465 e. The number of hydrogen-bond donors (Lipinski definition) is 0. The molecule has 0 aliphatic carbocycles. The van der Waals surface area contributed by atoms with Crippen molar-refractivity contribution < 1.29 is 28.7 Å². The number of benzene rings is 1. The maximum Gasteiger partial charge on any atom is 0.324 e. The van der Waals surface area contributed by atoms with Gasteiger partial charge in [-0.3, -0.25) is 29.0 Å². The molecule has 2 heterocycles. The maximum absolute atomic E-state index is 12.9. The van der Waals surface area contributed by atoms with Crippen LogP contribution in [0.5, 0.6) is 0 Å². The second kappa shape index (κ2) is 8.32. The highest BCUT2D eigenvalue weighted by molar-refractivity contribution is 6.10. The van der Waals surface area contributed by atoms with Crippen LogP contribution in [0.4, 0.5) is 0 Å². The second-order valence-corrected chi connectivity index (χ2v) is 7.21. The molecular weight excluding hydrogens is 376 g/mol. The highest BCUT2D eigenvalue weighted by atomic mass is 16.5. The number of imide groups is 1. The van der Waals surface area contributed by atoms with E-state index in [0.29, 0.717) is 0 Å². The monoisotopic (exact) mass is 402 g/mol. The quantitative estimate of drug-likeness (QED) is 0.521. The molecule has 0 bridgehead atoms. The minimum absolute atomic E-state index is 0.127. The van der Waals surface area contributed by atoms with Crippen LogP contribution in [-0.4, -0.2) is 65.9 Å². The minimum atomic E-state index is -1.05. The van der Waals surface area contributed by atoms with Crippen molar-refractivity contribution in [2.45, 2.75) is 38.9 Å². The lowest BCUT2D eigenvalue weighted by Gasteiger charge is -2.35. The number of fused-ring (bicyclic) bond motifs is 1. The molecule has 5 atom stereocenters. The van der Waals surface area contributed by atoms with E-state index in [9.17, 15) is 19.2 Å². The number of hydrogen-bond acceptors (Lipinski definition) is 7. The molecule has 1 aromatic rings. The molecule has 3 rings (SSSR count). The van der Waals surface area contributed by atoms with Crippen molar-refractivity contribution in [3.63, 3.8) is 0 Å². The first-order valence-electron chi connectivity index (χ1n) is 9.82. The van der Waals surface area contributed by atoms with Gasteiger partial charge in [0.15, 0.2) is 0 Å². The van der Waals surface area contributed by atoms with Gasteiger partial charge in [0, 0.05) is 13.1 Å². The van der Waals surface area contributed by atoms with Gasteiger partial charge in [0.25, 0.3) is 0 Å². The summed E-state index contributed by atoms with van der Waals surface area (Å²) in [6.07, 6.45) is 0. The Kier molecular flexibility index (Phi) is 6.02. The summed E-state index contributed by atoms with van der Waals surface area (Å²) in [5.74, 6) is -4.15. The zero-order valence-corrected chi connectivity index (χ0v) is 17.0. The van der Waals surface area contributed by atoms with Gasteiger partial charge < -0.3 is 9.47 Å². The predicted octanol–water partition coefficient (Wildman–Crippen LogP) is 1.16. The molecule has 0 N–H and O–H groups in total. The number of likely N-dealkylation sites (tertiary alicyclic amines) is 2. The van der Waals surface area contributed by atoms with Crippen LogP contribution in [0.1, 0.15) is 32.4 Å². The first-order chi connectivity index (χ1) is 13.8. The van der Waals surface area contributed by atoms with E-state index in [0.717, 1.165) is 10.5 Å². The van der Waals surface area contributed by atoms with Gasteiger partial charge in [0.2, 0.25) is 11.8 Å². The molecule has 2 amide bonds. The number of esters is 2. The summed E-state index contributed by atoms with van der Waals surface area (Å²) < 4.78 is 10.5. The SMILES string of the molecule is CCOC(=O)[C@H]1[C@@H]2C(=O)N(C)C(=O)[C@@H]2[C@H](C(=O)OCC)N1[C@H](C)c1ccccc1. The number of carbonyl (C=O) groups excluding carboxylic acids is 4. The topological polar surface area (TPSA) is 93.2 Å². The fraction of sp³-hybridized carbons (Fsp3) is 0.524. The average Bonchev–Trinajstić information content (AvgIpc) is 3.17. The largest absolute Gasteiger partial charge is 0.465 e. The fourth-order valence-electron chi connectivity index (χ4n) is 4.45. The van der Waals surface area contributed by atoms with E-state index in [1.54, 1.807) is 18.7 Å². The summed E-state index contributed by atoms with van der Waals surface area (Å²) in [5, 5.41) is 0. The third-order valence-electron chi connectivity index (χ3n) is 5.73. The molecule has 2 saturated heterocycles. The van der Waals surface area contributed by atoms with Gasteiger partial charge in [0.05, 0.1) is 25.0 Å². The Morgan fingerprint density at radius 1 is 0.931 bits per heavy atom. The first-order valence-corrected chi connectivity index (χ1v) is 9.82. The molecule has 0 saturated carbocycles. The Bertz CT molecular complexity index is 767. The molecule has 2 aliphatic rings. The zero-order chi connectivity index (χ0) is 21.3. The van der Waals surface area contributed by atoms with Crippen LogP contribution in [-0.2, 0) is 28.7 Å². The molecule has 2 aliphatic heterocycles. The van der Waals surface area contributed by atoms with Gasteiger partial charge in [-0.2, -0.15) is 0 Å². The van der Waals surface area contributed by atoms with E-state index in [1.807, 2.05) is 37.3 Å². The summed E-state index contributed by atoms with van der Waals surface area (Å²) >= 11 is 0. The van der Waals surface area contributed by atoms with Crippen molar-refractivity contribution in [3.05, 3.63) is 35.9 Å². The van der Waals surface area contributed by atoms with Crippen LogP contribution in [0.3, 0.4) is 0 Å². The number of rotatable bonds is 6. The summed E-state index contributed by atoms with van der Waals surface area (Å²) in [6, 6.07) is 6.80. The maximum atomic E-state index is 12.9. The normalized spacial score (nSPS) is 27.7. The van der Waals surface area contributed by atoms with Crippen LogP contribution in [0, 0.1) is 11.8 Å². The predicted molar refractivity (Wildman–Crippen MR) is 102 cm³/mol. The lowest BCUT2D eigenvalue weighted by Crippen LogP contribution is -2.51. The van der Waals surface area contributed by atoms with Gasteiger partial charge in [0.1, 0.15) is 12.1 Å². The van der Waals surface area contributed by atoms with Crippen LogP contribution in [0.2, 0.25) is 0 Å². The lowest BCUT2D eigenvalue weighted by atomic mass is 9.89. The first kappa shape index (κ1) is 21.0. The Morgan fingerprint density at radius 2 is 1.38 bits per heavy atom. The number of amides is 2. The molecule has 0 aromatic heterocycles. The highest BCUT2D eigenvalue weighted by Crippen LogP contribution is 2.46. The summed E-state index contributed by atoms with van der Waals surface area (Å²) in [5.41, 5.74) is 0.851. The number of nitrogens with zero attached hydrogens (tertiary/aromatic N) is 2. The van der Waals surface area contributed by atoms with E-state index in [4.69, 9.17) is 9.47 Å². The van der Waals surface area contributed by atoms with Crippen molar-refractivity contribution >= 4 is 23.8 Å². The summed E-state index contributed by atoms with van der Waals surface area (Å²) in [4.78, 5) is 54.2. The van der Waals surface area contributed by atoms with E-state index in [1.165, 1.54) is 7.05 Å². The van der Waals surface area contributed by atoms with Crippen LogP contribution < -0.4 is 0 Å². The molecule has 8 heteroatoms. The Hall–Kier alpha value is -2.74. The molecule has 156 valence electrons. The zero-order valence-electron chi connectivity index (χ0n) is 17.0. The van der Waals surface area contributed by atoms with E-state index in [-0.39, 0.29) is 13.2 Å². The standard InChI is InChI=1S/C21H26N2O6/c1-5-28-20(26)16-14-15(19(25)22(4)18(14)24)17(21(27)29-6-2)23(16)12(3)13-10-8-7-9-11-13/h7-12,14-17H,5-6H2,1-4H3/t12-,14-,15+,16-,17-/m1/s1. The number of carbonyl (C=O) groups is 4. The average molecular weight is 402 g/mol. The molecule has 2 fully saturated rings. The lowest BCUT2D eigenvalue weighted by molar-refractivity contribution is -0.160. The second-order valence-electron chi connectivity index (χ2n) is 7.21. The van der Waals surface area contributed by atoms with Crippen LogP contribution in [0.15, 0.2) is 30.3 Å². The molecule has 0 radical (unpaired) electrons. The summed E-state index contributed by atoms with van der Waals surface area (Å²) in [6.45, 7) is 5.44. The third-order valence-corrected chi connectivity index (χ3v) is 5.73. The molecular formula is C21H26N2O6. The van der Waals surface area contributed by atoms with E-state index >= 15 is 0 Å². The fourth-order valence-corrected chi connectivity index (χ4v) is 4.45. The Morgan fingerprint density at radius 3 is 1.79 bits per heavy atom. The van der Waals surface area contributed by atoms with Gasteiger partial charge >= 0.3 is 11.9 Å². The van der Waals surface area contributed by atoms with Crippen molar-refractivity contribution in [1.29, 1.82) is 0 Å². The molecule has 0 unspecified atom stereocenters. The van der Waals surface area contributed by atoms with Crippen molar-refractivity contribution in [1.82, 2.24) is 9.80 Å². The van der Waals surface area contributed by atoms with Gasteiger partial charge in [-0.05, 0) is 26.3 Å². The Labute approximate surface area is 169 Å². The Balaban J connectivity index is 2.13. The van der Waals surface area contributed by atoms with Crippen LogP contribution >= 0.6 is 0 Å².